The predicted molar refractivity (Wildman–Crippen MR) is 115 cm³/mol. The van der Waals surface area contributed by atoms with E-state index in [4.69, 9.17) is 15.2 Å². The standard InChI is InChI=1S/C25H26N4O2/c1-3-30-25(31-4-2)24(18-27)22(15-19-11-7-5-8-12-19,16-20-13-9-6-10-14-20)23(24,17-26)21(28)29-25/h5-14H,3-4,15-16H2,1-2H3,(H2,28,29)/p+1/t23-,24+/m0/s1. The number of fused-ring (bicyclic) bond motifs is 1. The van der Waals surface area contributed by atoms with Crippen LogP contribution in [0, 0.1) is 38.9 Å². The highest BCUT2D eigenvalue weighted by Crippen LogP contribution is 2.84. The summed E-state index contributed by atoms with van der Waals surface area (Å²) < 4.78 is 12.2. The van der Waals surface area contributed by atoms with Gasteiger partial charge in [0.15, 0.2) is 10.8 Å². The Hall–Kier alpha value is -3.19. The summed E-state index contributed by atoms with van der Waals surface area (Å²) in [6.07, 6.45) is 0.988. The van der Waals surface area contributed by atoms with Crippen LogP contribution in [0.1, 0.15) is 25.0 Å². The van der Waals surface area contributed by atoms with Crippen molar-refractivity contribution in [2.75, 3.05) is 13.2 Å². The van der Waals surface area contributed by atoms with Gasteiger partial charge in [-0.1, -0.05) is 60.7 Å². The molecule has 1 fully saturated rings. The van der Waals surface area contributed by atoms with Crippen molar-refractivity contribution < 1.29 is 14.5 Å². The molecule has 1 saturated carbocycles. The first kappa shape index (κ1) is 21.1. The number of amidine groups is 1. The lowest BCUT2D eigenvalue weighted by molar-refractivity contribution is -0.695. The average molecular weight is 416 g/mol. The van der Waals surface area contributed by atoms with Crippen molar-refractivity contribution in [1.82, 2.24) is 0 Å². The molecular weight excluding hydrogens is 388 g/mol. The van der Waals surface area contributed by atoms with Gasteiger partial charge in [0, 0.05) is 5.41 Å². The second kappa shape index (κ2) is 7.50. The smallest absolute Gasteiger partial charge is 0.314 e. The second-order valence-electron chi connectivity index (χ2n) is 8.15. The van der Waals surface area contributed by atoms with Crippen molar-refractivity contribution in [2.45, 2.75) is 32.6 Å². The summed E-state index contributed by atoms with van der Waals surface area (Å²) in [7, 11) is 0. The van der Waals surface area contributed by atoms with Gasteiger partial charge in [-0.05, 0) is 37.8 Å². The van der Waals surface area contributed by atoms with Crippen LogP contribution in [-0.4, -0.2) is 25.0 Å². The normalized spacial score (nSPS) is 26.9. The van der Waals surface area contributed by atoms with Crippen LogP contribution in [0.3, 0.4) is 0 Å². The summed E-state index contributed by atoms with van der Waals surface area (Å²) in [6, 6.07) is 24.8. The number of nitrogens with two attached hydrogens (primary N) is 1. The Bertz CT molecular complexity index is 1020. The maximum absolute atomic E-state index is 10.7. The lowest BCUT2D eigenvalue weighted by Gasteiger charge is -2.33. The van der Waals surface area contributed by atoms with E-state index in [2.05, 4.69) is 17.1 Å². The lowest BCUT2D eigenvalue weighted by atomic mass is 9.79. The lowest BCUT2D eigenvalue weighted by Crippen LogP contribution is -2.91. The van der Waals surface area contributed by atoms with Crippen LogP contribution in [0.25, 0.3) is 0 Å². The summed E-state index contributed by atoms with van der Waals surface area (Å²) in [4.78, 5) is 3.08. The quantitative estimate of drug-likeness (QED) is 0.638. The molecule has 1 heterocycles. The van der Waals surface area contributed by atoms with Gasteiger partial charge in [0.05, 0.1) is 25.4 Å². The Morgan fingerprint density at radius 1 is 0.839 bits per heavy atom. The van der Waals surface area contributed by atoms with E-state index in [1.165, 1.54) is 0 Å². The fourth-order valence-corrected chi connectivity index (χ4v) is 5.81. The maximum atomic E-state index is 10.7. The average Bonchev–Trinajstić information content (AvgIpc) is 3.21. The van der Waals surface area contributed by atoms with Gasteiger partial charge in [0.2, 0.25) is 0 Å². The summed E-state index contributed by atoms with van der Waals surface area (Å²) in [5, 5.41) is 21.2. The topological polar surface area (TPSA) is 106 Å². The number of nitrogens with zero attached hydrogens (tertiary/aromatic N) is 2. The Labute approximate surface area is 182 Å². The molecule has 0 amide bonds. The van der Waals surface area contributed by atoms with Crippen molar-refractivity contribution in [1.29, 1.82) is 10.5 Å². The van der Waals surface area contributed by atoms with Crippen molar-refractivity contribution in [3.63, 3.8) is 0 Å². The van der Waals surface area contributed by atoms with Crippen molar-refractivity contribution in [2.24, 2.45) is 22.0 Å². The predicted octanol–water partition coefficient (Wildman–Crippen LogP) is 1.67. The fourth-order valence-electron chi connectivity index (χ4n) is 5.81. The molecule has 31 heavy (non-hydrogen) atoms. The molecule has 0 aromatic heterocycles. The first-order valence-corrected chi connectivity index (χ1v) is 10.6. The van der Waals surface area contributed by atoms with Crippen molar-refractivity contribution >= 4 is 5.84 Å². The van der Waals surface area contributed by atoms with E-state index in [0.29, 0.717) is 26.1 Å². The van der Waals surface area contributed by atoms with Crippen LogP contribution < -0.4 is 10.7 Å². The summed E-state index contributed by atoms with van der Waals surface area (Å²) >= 11 is 0. The molecule has 0 radical (unpaired) electrons. The number of nitriles is 2. The van der Waals surface area contributed by atoms with E-state index < -0.39 is 22.2 Å². The molecule has 0 spiro atoms. The minimum absolute atomic E-state index is 0.241. The highest BCUT2D eigenvalue weighted by molar-refractivity contribution is 5.95. The minimum Gasteiger partial charge on any atom is -0.314 e. The fraction of sp³-hybridized carbons (Fsp3) is 0.400. The first-order valence-electron chi connectivity index (χ1n) is 10.6. The molecule has 1 aliphatic carbocycles. The third-order valence-corrected chi connectivity index (χ3v) is 6.86. The molecule has 2 aromatic rings. The van der Waals surface area contributed by atoms with Gasteiger partial charge in [-0.2, -0.15) is 10.5 Å². The van der Waals surface area contributed by atoms with Gasteiger partial charge in [-0.3, -0.25) is 5.73 Å². The zero-order valence-corrected chi connectivity index (χ0v) is 17.9. The molecule has 1 aliphatic heterocycles. The molecule has 2 aliphatic rings. The van der Waals surface area contributed by atoms with Crippen LogP contribution in [-0.2, 0) is 22.3 Å². The molecule has 2 aromatic carbocycles. The Kier molecular flexibility index (Phi) is 5.09. The molecule has 0 saturated heterocycles. The van der Waals surface area contributed by atoms with Crippen molar-refractivity contribution in [3.05, 3.63) is 71.8 Å². The zero-order chi connectivity index (χ0) is 22.2. The van der Waals surface area contributed by atoms with E-state index in [1.54, 1.807) is 0 Å². The number of hydrogen-bond acceptors (Lipinski definition) is 5. The highest BCUT2D eigenvalue weighted by Gasteiger charge is 3.03. The molecular formula is C25H27N4O2+. The van der Waals surface area contributed by atoms with Crippen LogP contribution in [0.2, 0.25) is 0 Å². The van der Waals surface area contributed by atoms with E-state index in [9.17, 15) is 10.5 Å². The third kappa shape index (κ3) is 2.47. The summed E-state index contributed by atoms with van der Waals surface area (Å²) in [6.45, 7) is 4.29. The Morgan fingerprint density at radius 2 is 1.32 bits per heavy atom. The molecule has 4 rings (SSSR count). The molecule has 3 N–H and O–H groups in total. The third-order valence-electron chi connectivity index (χ3n) is 6.86. The maximum Gasteiger partial charge on any atom is 0.343 e. The monoisotopic (exact) mass is 415 g/mol. The van der Waals surface area contributed by atoms with Crippen LogP contribution in [0.5, 0.6) is 0 Å². The number of hydrogen-bond donors (Lipinski definition) is 2. The van der Waals surface area contributed by atoms with Crippen LogP contribution >= 0.6 is 0 Å². The van der Waals surface area contributed by atoms with Crippen LogP contribution in [0.4, 0.5) is 0 Å². The van der Waals surface area contributed by atoms with Gasteiger partial charge >= 0.3 is 5.91 Å². The SMILES string of the molecule is CCOC1(OCC)[NH+]=C(N)[C@@]2(C#N)C(Cc3ccccc3)(Cc3ccccc3)[C@@]12C#N. The van der Waals surface area contributed by atoms with Gasteiger partial charge in [0.25, 0.3) is 5.84 Å². The van der Waals surface area contributed by atoms with Gasteiger partial charge in [0.1, 0.15) is 0 Å². The largest absolute Gasteiger partial charge is 0.343 e. The van der Waals surface area contributed by atoms with E-state index in [-0.39, 0.29) is 5.84 Å². The van der Waals surface area contributed by atoms with Gasteiger partial charge < -0.3 is 9.47 Å². The molecule has 0 bridgehead atoms. The summed E-state index contributed by atoms with van der Waals surface area (Å²) in [5.74, 6) is -1.25. The highest BCUT2D eigenvalue weighted by atomic mass is 16.7. The molecule has 6 nitrogen and oxygen atoms in total. The van der Waals surface area contributed by atoms with Crippen molar-refractivity contribution in [3.8, 4) is 12.1 Å². The van der Waals surface area contributed by atoms with Gasteiger partial charge in [-0.25, -0.2) is 4.99 Å². The summed E-state index contributed by atoms with van der Waals surface area (Å²) in [5.41, 5.74) is 5.18. The Morgan fingerprint density at radius 3 is 1.71 bits per heavy atom. The van der Waals surface area contributed by atoms with E-state index in [1.807, 2.05) is 74.5 Å². The van der Waals surface area contributed by atoms with Crippen LogP contribution in [0.15, 0.2) is 60.7 Å². The Balaban J connectivity index is 1.97. The molecule has 158 valence electrons. The number of nitrogens with one attached hydrogen (secondary N) is 1. The molecule has 6 heteroatoms. The number of rotatable bonds is 8. The minimum atomic E-state index is -1.49. The van der Waals surface area contributed by atoms with Gasteiger partial charge in [-0.15, -0.1) is 0 Å². The molecule has 2 atom stereocenters. The first-order chi connectivity index (χ1) is 15.0. The van der Waals surface area contributed by atoms with E-state index in [0.717, 1.165) is 11.1 Å². The zero-order valence-electron chi connectivity index (χ0n) is 17.9. The number of benzene rings is 2. The van der Waals surface area contributed by atoms with E-state index >= 15 is 0 Å². The number of ether oxygens (including phenoxy) is 2. The second-order valence-corrected chi connectivity index (χ2v) is 8.15. The molecule has 0 unspecified atom stereocenters.